The van der Waals surface area contributed by atoms with Crippen LogP contribution in [0, 0.1) is 0 Å². The van der Waals surface area contributed by atoms with Crippen LogP contribution in [0.25, 0.3) is 0 Å². The first-order valence-corrected chi connectivity index (χ1v) is 10.6. The average molecular weight is 542 g/mol. The van der Waals surface area contributed by atoms with Crippen LogP contribution < -0.4 is 16.0 Å². The van der Waals surface area contributed by atoms with E-state index in [2.05, 4.69) is 81.6 Å². The van der Waals surface area contributed by atoms with Crippen molar-refractivity contribution in [3.8, 4) is 0 Å². The van der Waals surface area contributed by atoms with Gasteiger partial charge in [0.2, 0.25) is 0 Å². The minimum absolute atomic E-state index is 0. The molecule has 3 aromatic rings. The summed E-state index contributed by atoms with van der Waals surface area (Å²) in [6.45, 7) is 1.37. The molecule has 32 heavy (non-hydrogen) atoms. The standard InChI is InChI=1S/C26H30N4O.HI/c1-27-25(31)23-15-9-10-20(18-23)19-30-26(28-2)29-17-16-24(21-11-5-3-6-12-21)22-13-7-4-8-14-22;/h3-15,18,24H,16-17,19H2,1-2H3,(H,27,31)(H2,28,29,30);1H. The molecule has 6 heteroatoms. The second-order valence-electron chi connectivity index (χ2n) is 7.29. The third kappa shape index (κ3) is 7.37. The Kier molecular flexibility index (Phi) is 10.7. The Labute approximate surface area is 207 Å². The number of rotatable bonds is 8. The van der Waals surface area contributed by atoms with Gasteiger partial charge in [0.25, 0.3) is 5.91 Å². The van der Waals surface area contributed by atoms with E-state index in [1.165, 1.54) is 11.1 Å². The third-order valence-corrected chi connectivity index (χ3v) is 5.23. The zero-order valence-corrected chi connectivity index (χ0v) is 20.9. The Bertz CT molecular complexity index is 953. The van der Waals surface area contributed by atoms with Crippen molar-refractivity contribution in [2.24, 2.45) is 4.99 Å². The number of aliphatic imine (C=N–C) groups is 1. The molecule has 1 amide bonds. The number of hydrogen-bond donors (Lipinski definition) is 3. The number of hydrogen-bond acceptors (Lipinski definition) is 2. The molecule has 0 aromatic heterocycles. The maximum Gasteiger partial charge on any atom is 0.251 e. The highest BCUT2D eigenvalue weighted by molar-refractivity contribution is 14.0. The Morgan fingerprint density at radius 3 is 2.06 bits per heavy atom. The Morgan fingerprint density at radius 2 is 1.50 bits per heavy atom. The van der Waals surface area contributed by atoms with Crippen molar-refractivity contribution in [2.45, 2.75) is 18.9 Å². The van der Waals surface area contributed by atoms with Crippen LogP contribution in [0.2, 0.25) is 0 Å². The van der Waals surface area contributed by atoms with E-state index in [-0.39, 0.29) is 29.9 Å². The maximum absolute atomic E-state index is 11.8. The van der Waals surface area contributed by atoms with E-state index in [1.807, 2.05) is 24.3 Å². The topological polar surface area (TPSA) is 65.5 Å². The van der Waals surface area contributed by atoms with Gasteiger partial charge in [-0.3, -0.25) is 9.79 Å². The molecule has 0 fully saturated rings. The fourth-order valence-corrected chi connectivity index (χ4v) is 3.60. The summed E-state index contributed by atoms with van der Waals surface area (Å²) in [4.78, 5) is 16.2. The largest absolute Gasteiger partial charge is 0.356 e. The molecule has 0 aliphatic carbocycles. The molecule has 3 aromatic carbocycles. The molecule has 3 rings (SSSR count). The normalized spacial score (nSPS) is 10.9. The van der Waals surface area contributed by atoms with E-state index in [4.69, 9.17) is 0 Å². The summed E-state index contributed by atoms with van der Waals surface area (Å²) in [5.41, 5.74) is 4.29. The first kappa shape index (κ1) is 25.4. The second-order valence-corrected chi connectivity index (χ2v) is 7.29. The monoisotopic (exact) mass is 542 g/mol. The zero-order chi connectivity index (χ0) is 21.9. The van der Waals surface area contributed by atoms with Gasteiger partial charge in [0, 0.05) is 38.7 Å². The molecule has 168 valence electrons. The summed E-state index contributed by atoms with van der Waals surface area (Å²) in [7, 11) is 3.40. The number of guanidine groups is 1. The van der Waals surface area contributed by atoms with Crippen LogP contribution in [0.3, 0.4) is 0 Å². The number of amides is 1. The van der Waals surface area contributed by atoms with Gasteiger partial charge < -0.3 is 16.0 Å². The smallest absolute Gasteiger partial charge is 0.251 e. The lowest BCUT2D eigenvalue weighted by Crippen LogP contribution is -2.37. The van der Waals surface area contributed by atoms with Gasteiger partial charge in [0.1, 0.15) is 0 Å². The summed E-state index contributed by atoms with van der Waals surface area (Å²) >= 11 is 0. The van der Waals surface area contributed by atoms with Crippen LogP contribution in [0.4, 0.5) is 0 Å². The first-order chi connectivity index (χ1) is 15.2. The predicted octanol–water partition coefficient (Wildman–Crippen LogP) is 4.55. The summed E-state index contributed by atoms with van der Waals surface area (Å²) in [5.74, 6) is 0.972. The van der Waals surface area contributed by atoms with Gasteiger partial charge in [-0.2, -0.15) is 0 Å². The van der Waals surface area contributed by atoms with E-state index < -0.39 is 0 Å². The third-order valence-electron chi connectivity index (χ3n) is 5.23. The summed E-state index contributed by atoms with van der Waals surface area (Å²) in [5, 5.41) is 9.40. The van der Waals surface area contributed by atoms with Crippen molar-refractivity contribution in [2.75, 3.05) is 20.6 Å². The molecule has 0 bridgehead atoms. The van der Waals surface area contributed by atoms with Gasteiger partial charge >= 0.3 is 0 Å². The summed E-state index contributed by atoms with van der Waals surface area (Å²) in [6, 6.07) is 28.8. The molecule has 0 radical (unpaired) electrons. The van der Waals surface area contributed by atoms with Crippen molar-refractivity contribution in [3.05, 3.63) is 107 Å². The molecular weight excluding hydrogens is 511 g/mol. The van der Waals surface area contributed by atoms with E-state index in [9.17, 15) is 4.79 Å². The molecule has 0 atom stereocenters. The van der Waals surface area contributed by atoms with Gasteiger partial charge in [-0.15, -0.1) is 24.0 Å². The SMILES string of the molecule is CN=C(NCCC(c1ccccc1)c1ccccc1)NCc1cccc(C(=O)NC)c1.I. The van der Waals surface area contributed by atoms with Gasteiger partial charge in [0.15, 0.2) is 5.96 Å². The van der Waals surface area contributed by atoms with Crippen LogP contribution in [-0.2, 0) is 6.54 Å². The molecular formula is C26H31IN4O. The second kappa shape index (κ2) is 13.5. The van der Waals surface area contributed by atoms with Crippen molar-refractivity contribution >= 4 is 35.8 Å². The number of nitrogens with zero attached hydrogens (tertiary/aromatic N) is 1. The number of benzene rings is 3. The number of nitrogens with one attached hydrogen (secondary N) is 3. The molecule has 0 saturated carbocycles. The summed E-state index contributed by atoms with van der Waals surface area (Å²) in [6.07, 6.45) is 0.945. The molecule has 0 saturated heterocycles. The zero-order valence-electron chi connectivity index (χ0n) is 18.5. The Hall–Kier alpha value is -2.87. The quantitative estimate of drug-likeness (QED) is 0.222. The fourth-order valence-electron chi connectivity index (χ4n) is 3.60. The minimum atomic E-state index is -0.0859. The van der Waals surface area contributed by atoms with E-state index in [0.29, 0.717) is 18.0 Å². The fraction of sp³-hybridized carbons (Fsp3) is 0.231. The van der Waals surface area contributed by atoms with Crippen molar-refractivity contribution in [1.82, 2.24) is 16.0 Å². The van der Waals surface area contributed by atoms with E-state index >= 15 is 0 Å². The van der Waals surface area contributed by atoms with Crippen LogP contribution in [0.5, 0.6) is 0 Å². The van der Waals surface area contributed by atoms with Crippen molar-refractivity contribution in [3.63, 3.8) is 0 Å². The van der Waals surface area contributed by atoms with Crippen molar-refractivity contribution in [1.29, 1.82) is 0 Å². The number of carbonyl (C=O) groups excluding carboxylic acids is 1. The first-order valence-electron chi connectivity index (χ1n) is 10.6. The highest BCUT2D eigenvalue weighted by Gasteiger charge is 2.13. The van der Waals surface area contributed by atoms with E-state index in [1.54, 1.807) is 14.1 Å². The highest BCUT2D eigenvalue weighted by atomic mass is 127. The minimum Gasteiger partial charge on any atom is -0.356 e. The molecule has 0 heterocycles. The number of carbonyl (C=O) groups is 1. The Balaban J connectivity index is 0.00000363. The van der Waals surface area contributed by atoms with Crippen LogP contribution in [0.1, 0.15) is 39.4 Å². The molecule has 3 N–H and O–H groups in total. The average Bonchev–Trinajstić information content (AvgIpc) is 2.84. The van der Waals surface area contributed by atoms with E-state index in [0.717, 1.165) is 24.5 Å². The maximum atomic E-state index is 11.8. The lowest BCUT2D eigenvalue weighted by atomic mass is 9.88. The van der Waals surface area contributed by atoms with Crippen LogP contribution in [-0.4, -0.2) is 32.5 Å². The number of halogens is 1. The Morgan fingerprint density at radius 1 is 0.875 bits per heavy atom. The van der Waals surface area contributed by atoms with Gasteiger partial charge in [-0.1, -0.05) is 72.8 Å². The van der Waals surface area contributed by atoms with Crippen LogP contribution in [0.15, 0.2) is 89.9 Å². The molecule has 0 aliphatic rings. The van der Waals surface area contributed by atoms with Gasteiger partial charge in [-0.25, -0.2) is 0 Å². The summed E-state index contributed by atoms with van der Waals surface area (Å²) < 4.78 is 0. The van der Waals surface area contributed by atoms with Gasteiger partial charge in [0.05, 0.1) is 0 Å². The molecule has 5 nitrogen and oxygen atoms in total. The molecule has 0 spiro atoms. The molecule has 0 aliphatic heterocycles. The van der Waals surface area contributed by atoms with Gasteiger partial charge in [-0.05, 0) is 35.2 Å². The lowest BCUT2D eigenvalue weighted by molar-refractivity contribution is 0.0963. The van der Waals surface area contributed by atoms with Crippen LogP contribution >= 0.6 is 24.0 Å². The predicted molar refractivity (Wildman–Crippen MR) is 143 cm³/mol. The van der Waals surface area contributed by atoms with Crippen molar-refractivity contribution < 1.29 is 4.79 Å². The lowest BCUT2D eigenvalue weighted by Gasteiger charge is -2.19. The highest BCUT2D eigenvalue weighted by Crippen LogP contribution is 2.27. The molecule has 0 unspecified atom stereocenters.